The minimum atomic E-state index is 0.445. The number of rotatable bonds is 5. The van der Waals surface area contributed by atoms with Crippen LogP contribution in [0.25, 0.3) is 0 Å². The molecule has 2 aliphatic heterocycles. The molecule has 2 saturated heterocycles. The molecule has 5 heteroatoms. The molecular formula is C22H27N3OS. The Bertz CT molecular complexity index is 768. The number of hydrogen-bond donors (Lipinski definition) is 2. The zero-order chi connectivity index (χ0) is 18.6. The molecule has 4 nitrogen and oxygen atoms in total. The monoisotopic (exact) mass is 381 g/mol. The number of fused-ring (bicyclic) bond motifs is 2. The maximum Gasteiger partial charge on any atom is 0.170 e. The van der Waals surface area contributed by atoms with Gasteiger partial charge in [0, 0.05) is 36.4 Å². The lowest BCUT2D eigenvalue weighted by Crippen LogP contribution is -2.50. The SMILES string of the molecule is COc1cccc(NC(=S)NC2C[C@H]3CC[C@@H](C2)N3Cc2ccccc2)c1. The van der Waals surface area contributed by atoms with E-state index in [-0.39, 0.29) is 0 Å². The van der Waals surface area contributed by atoms with Crippen molar-refractivity contribution in [1.82, 2.24) is 10.2 Å². The lowest BCUT2D eigenvalue weighted by atomic mass is 9.96. The van der Waals surface area contributed by atoms with Gasteiger partial charge >= 0.3 is 0 Å². The molecule has 0 radical (unpaired) electrons. The van der Waals surface area contributed by atoms with Crippen LogP contribution in [-0.2, 0) is 6.54 Å². The number of nitrogens with one attached hydrogen (secondary N) is 2. The fourth-order valence-corrected chi connectivity index (χ4v) is 4.78. The molecule has 2 aliphatic rings. The van der Waals surface area contributed by atoms with E-state index in [0.717, 1.165) is 30.8 Å². The van der Waals surface area contributed by atoms with E-state index in [2.05, 4.69) is 45.9 Å². The van der Waals surface area contributed by atoms with Crippen molar-refractivity contribution in [3.8, 4) is 5.75 Å². The lowest BCUT2D eigenvalue weighted by molar-refractivity contribution is 0.115. The van der Waals surface area contributed by atoms with Gasteiger partial charge in [-0.1, -0.05) is 36.4 Å². The van der Waals surface area contributed by atoms with E-state index in [9.17, 15) is 0 Å². The third-order valence-corrected chi connectivity index (χ3v) is 5.98. The van der Waals surface area contributed by atoms with Crippen molar-refractivity contribution >= 4 is 23.0 Å². The Balaban J connectivity index is 1.32. The largest absolute Gasteiger partial charge is 0.497 e. The molecule has 2 heterocycles. The second kappa shape index (κ2) is 8.28. The summed E-state index contributed by atoms with van der Waals surface area (Å²) in [6.07, 6.45) is 4.91. The van der Waals surface area contributed by atoms with Crippen LogP contribution >= 0.6 is 12.2 Å². The Morgan fingerprint density at radius 3 is 2.52 bits per heavy atom. The number of thiocarbonyl (C=S) groups is 1. The summed E-state index contributed by atoms with van der Waals surface area (Å²) in [4.78, 5) is 2.70. The Labute approximate surface area is 166 Å². The molecular weight excluding hydrogens is 354 g/mol. The lowest BCUT2D eigenvalue weighted by Gasteiger charge is -2.39. The van der Waals surface area contributed by atoms with Crippen molar-refractivity contribution in [3.05, 3.63) is 60.2 Å². The summed E-state index contributed by atoms with van der Waals surface area (Å²) in [6.45, 7) is 1.06. The van der Waals surface area contributed by atoms with E-state index in [1.807, 2.05) is 24.3 Å². The fraction of sp³-hybridized carbons (Fsp3) is 0.409. The minimum Gasteiger partial charge on any atom is -0.497 e. The number of benzene rings is 2. The van der Waals surface area contributed by atoms with Crippen molar-refractivity contribution in [1.29, 1.82) is 0 Å². The molecule has 0 spiro atoms. The fourth-order valence-electron chi connectivity index (χ4n) is 4.50. The molecule has 0 aromatic heterocycles. The summed E-state index contributed by atoms with van der Waals surface area (Å²) >= 11 is 5.55. The topological polar surface area (TPSA) is 36.5 Å². The smallest absolute Gasteiger partial charge is 0.170 e. The maximum atomic E-state index is 5.55. The number of hydrogen-bond acceptors (Lipinski definition) is 3. The first-order valence-electron chi connectivity index (χ1n) is 9.72. The highest BCUT2D eigenvalue weighted by molar-refractivity contribution is 7.80. The molecule has 2 aromatic carbocycles. The van der Waals surface area contributed by atoms with Gasteiger partial charge < -0.3 is 15.4 Å². The van der Waals surface area contributed by atoms with Gasteiger partial charge in [0.15, 0.2) is 5.11 Å². The zero-order valence-corrected chi connectivity index (χ0v) is 16.5. The molecule has 2 aromatic rings. The van der Waals surface area contributed by atoms with Crippen LogP contribution in [0.4, 0.5) is 5.69 Å². The number of nitrogens with zero attached hydrogens (tertiary/aromatic N) is 1. The molecule has 142 valence electrons. The molecule has 1 unspecified atom stereocenters. The molecule has 0 saturated carbocycles. The van der Waals surface area contributed by atoms with Crippen LogP contribution in [-0.4, -0.2) is 35.2 Å². The number of anilines is 1. The van der Waals surface area contributed by atoms with Crippen LogP contribution in [0, 0.1) is 0 Å². The van der Waals surface area contributed by atoms with Crippen LogP contribution < -0.4 is 15.4 Å². The highest BCUT2D eigenvalue weighted by Crippen LogP contribution is 2.36. The number of methoxy groups -OCH3 is 1. The van der Waals surface area contributed by atoms with Gasteiger partial charge in [-0.25, -0.2) is 0 Å². The average Bonchev–Trinajstić information content (AvgIpc) is 2.91. The minimum absolute atomic E-state index is 0.445. The molecule has 0 amide bonds. The second-order valence-corrected chi connectivity index (χ2v) is 7.95. The van der Waals surface area contributed by atoms with Gasteiger partial charge in [0.05, 0.1) is 7.11 Å². The summed E-state index contributed by atoms with van der Waals surface area (Å²) in [7, 11) is 1.68. The van der Waals surface area contributed by atoms with Crippen LogP contribution in [0.3, 0.4) is 0 Å². The summed E-state index contributed by atoms with van der Waals surface area (Å²) in [5, 5.41) is 7.53. The molecule has 27 heavy (non-hydrogen) atoms. The number of piperidine rings is 1. The Morgan fingerprint density at radius 2 is 1.81 bits per heavy atom. The van der Waals surface area contributed by atoms with Crippen LogP contribution in [0.1, 0.15) is 31.2 Å². The molecule has 2 fully saturated rings. The van der Waals surface area contributed by atoms with Crippen molar-refractivity contribution in [2.45, 2.75) is 50.4 Å². The van der Waals surface area contributed by atoms with E-state index < -0.39 is 0 Å². The van der Waals surface area contributed by atoms with E-state index in [0.29, 0.717) is 23.2 Å². The highest BCUT2D eigenvalue weighted by atomic mass is 32.1. The second-order valence-electron chi connectivity index (χ2n) is 7.54. The first kappa shape index (κ1) is 18.3. The van der Waals surface area contributed by atoms with Gasteiger partial charge in [-0.05, 0) is 55.6 Å². The van der Waals surface area contributed by atoms with Crippen LogP contribution in [0.2, 0.25) is 0 Å². The van der Waals surface area contributed by atoms with Crippen molar-refractivity contribution in [3.63, 3.8) is 0 Å². The molecule has 2 bridgehead atoms. The standard InChI is InChI=1S/C22H27N3OS/c1-26-21-9-5-8-17(14-21)23-22(27)24-18-12-19-10-11-20(13-18)25(19)15-16-6-3-2-4-7-16/h2-9,14,18-20H,10-13,15H2,1H3,(H2,23,24,27)/t18?,19-,20+. The third-order valence-electron chi connectivity index (χ3n) is 5.76. The molecule has 3 atom stereocenters. The van der Waals surface area contributed by atoms with E-state index in [1.165, 1.54) is 18.4 Å². The van der Waals surface area contributed by atoms with Crippen molar-refractivity contribution in [2.75, 3.05) is 12.4 Å². The van der Waals surface area contributed by atoms with E-state index in [4.69, 9.17) is 17.0 Å². The summed E-state index contributed by atoms with van der Waals surface area (Å²) in [5.41, 5.74) is 2.37. The summed E-state index contributed by atoms with van der Waals surface area (Å²) in [5.74, 6) is 0.829. The van der Waals surface area contributed by atoms with Gasteiger partial charge in [-0.2, -0.15) is 0 Å². The predicted molar refractivity (Wildman–Crippen MR) is 114 cm³/mol. The zero-order valence-electron chi connectivity index (χ0n) is 15.7. The van der Waals surface area contributed by atoms with Gasteiger partial charge in [0.2, 0.25) is 0 Å². The Hall–Kier alpha value is -2.11. The average molecular weight is 382 g/mol. The molecule has 0 aliphatic carbocycles. The quantitative estimate of drug-likeness (QED) is 0.760. The predicted octanol–water partition coefficient (Wildman–Crippen LogP) is 4.18. The van der Waals surface area contributed by atoms with Crippen molar-refractivity contribution < 1.29 is 4.74 Å². The van der Waals surface area contributed by atoms with Crippen LogP contribution in [0.15, 0.2) is 54.6 Å². The van der Waals surface area contributed by atoms with Crippen LogP contribution in [0.5, 0.6) is 5.75 Å². The summed E-state index contributed by atoms with van der Waals surface area (Å²) < 4.78 is 5.27. The van der Waals surface area contributed by atoms with Crippen molar-refractivity contribution in [2.24, 2.45) is 0 Å². The maximum absolute atomic E-state index is 5.55. The Kier molecular flexibility index (Phi) is 5.60. The number of ether oxygens (including phenoxy) is 1. The van der Waals surface area contributed by atoms with Gasteiger partial charge in [0.1, 0.15) is 5.75 Å². The normalized spacial score (nSPS) is 24.4. The first-order valence-corrected chi connectivity index (χ1v) is 10.1. The molecule has 4 rings (SSSR count). The first-order chi connectivity index (χ1) is 13.2. The third kappa shape index (κ3) is 4.42. The van der Waals surface area contributed by atoms with E-state index >= 15 is 0 Å². The van der Waals surface area contributed by atoms with Gasteiger partial charge in [-0.3, -0.25) is 4.90 Å². The highest BCUT2D eigenvalue weighted by Gasteiger charge is 2.40. The van der Waals surface area contributed by atoms with Gasteiger partial charge in [0.25, 0.3) is 0 Å². The van der Waals surface area contributed by atoms with Gasteiger partial charge in [-0.15, -0.1) is 0 Å². The summed E-state index contributed by atoms with van der Waals surface area (Å²) in [6, 6.07) is 20.4. The van der Waals surface area contributed by atoms with E-state index in [1.54, 1.807) is 7.11 Å². The molecule has 2 N–H and O–H groups in total. The Morgan fingerprint density at radius 1 is 1.07 bits per heavy atom.